The van der Waals surface area contributed by atoms with Crippen LogP contribution < -0.4 is 5.73 Å². The molecular formula is C12H13Cl2N5O2S. The van der Waals surface area contributed by atoms with Crippen molar-refractivity contribution >= 4 is 47.0 Å². The lowest BCUT2D eigenvalue weighted by molar-refractivity contribution is -0.136. The van der Waals surface area contributed by atoms with Crippen molar-refractivity contribution in [1.29, 1.82) is 0 Å². The zero-order valence-electron chi connectivity index (χ0n) is 11.4. The molecule has 0 saturated carbocycles. The number of hydrogen-bond acceptors (Lipinski definition) is 5. The van der Waals surface area contributed by atoms with Gasteiger partial charge in [0, 0.05) is 19.3 Å². The standard InChI is InChI=1S/C12H13Cl2N5O2S/c13-7-3-8(14)11-16-19(12(22)18(11)4-7)6-17-1-2-21-9(5-17)10(15)20/h3-4,9H,1-2,5-6H2,(H2,15,20). The van der Waals surface area contributed by atoms with Crippen molar-refractivity contribution in [3.05, 3.63) is 27.1 Å². The van der Waals surface area contributed by atoms with Crippen LogP contribution in [0, 0.1) is 4.77 Å². The van der Waals surface area contributed by atoms with Gasteiger partial charge in [-0.2, -0.15) is 0 Å². The van der Waals surface area contributed by atoms with Gasteiger partial charge in [-0.15, -0.1) is 5.10 Å². The Labute approximate surface area is 141 Å². The minimum Gasteiger partial charge on any atom is -0.367 e. The van der Waals surface area contributed by atoms with E-state index in [9.17, 15) is 4.79 Å². The van der Waals surface area contributed by atoms with E-state index in [1.165, 1.54) is 0 Å². The molecule has 1 fully saturated rings. The van der Waals surface area contributed by atoms with E-state index in [1.807, 2.05) is 4.90 Å². The summed E-state index contributed by atoms with van der Waals surface area (Å²) in [6, 6.07) is 1.61. The number of carbonyl (C=O) groups excluding carboxylic acids is 1. The zero-order valence-corrected chi connectivity index (χ0v) is 13.7. The zero-order chi connectivity index (χ0) is 15.9. The summed E-state index contributed by atoms with van der Waals surface area (Å²) in [4.78, 5) is 13.2. The van der Waals surface area contributed by atoms with Gasteiger partial charge in [0.15, 0.2) is 5.65 Å². The lowest BCUT2D eigenvalue weighted by Crippen LogP contribution is -2.48. The molecule has 2 aromatic heterocycles. The minimum absolute atomic E-state index is 0.402. The molecule has 1 aliphatic rings. The number of ether oxygens (including phenoxy) is 1. The smallest absolute Gasteiger partial charge is 0.247 e. The summed E-state index contributed by atoms with van der Waals surface area (Å²) >= 11 is 17.5. The molecule has 0 spiro atoms. The highest BCUT2D eigenvalue weighted by Gasteiger charge is 2.25. The molecular weight excluding hydrogens is 349 g/mol. The van der Waals surface area contributed by atoms with Crippen molar-refractivity contribution in [2.24, 2.45) is 5.73 Å². The topological polar surface area (TPSA) is 77.8 Å². The average molecular weight is 362 g/mol. The number of nitrogens with zero attached hydrogens (tertiary/aromatic N) is 4. The molecule has 0 radical (unpaired) electrons. The van der Waals surface area contributed by atoms with Gasteiger partial charge in [-0.3, -0.25) is 14.1 Å². The van der Waals surface area contributed by atoms with Gasteiger partial charge in [-0.25, -0.2) is 4.68 Å². The maximum absolute atomic E-state index is 11.2. The molecule has 3 rings (SSSR count). The molecule has 1 atom stereocenters. The first-order valence-electron chi connectivity index (χ1n) is 6.53. The van der Waals surface area contributed by atoms with Gasteiger partial charge < -0.3 is 10.5 Å². The molecule has 1 unspecified atom stereocenters. The molecule has 22 heavy (non-hydrogen) atoms. The fraction of sp³-hybridized carbons (Fsp3) is 0.417. The fourth-order valence-corrected chi connectivity index (χ4v) is 3.08. The van der Waals surface area contributed by atoms with Crippen LogP contribution in [0.15, 0.2) is 12.3 Å². The summed E-state index contributed by atoms with van der Waals surface area (Å²) < 4.78 is 9.08. The monoisotopic (exact) mass is 361 g/mol. The van der Waals surface area contributed by atoms with Crippen LogP contribution in [-0.4, -0.2) is 50.8 Å². The maximum atomic E-state index is 11.2. The average Bonchev–Trinajstić information content (AvgIpc) is 2.77. The Morgan fingerprint density at radius 2 is 2.32 bits per heavy atom. The first kappa shape index (κ1) is 15.7. The third-order valence-corrected chi connectivity index (χ3v) is 4.30. The number of rotatable bonds is 3. The summed E-state index contributed by atoms with van der Waals surface area (Å²) in [6.45, 7) is 1.91. The van der Waals surface area contributed by atoms with Gasteiger partial charge >= 0.3 is 0 Å². The highest BCUT2D eigenvalue weighted by molar-refractivity contribution is 7.71. The Kier molecular flexibility index (Phi) is 4.37. The SMILES string of the molecule is NC(=O)C1CN(Cn2nc3c(Cl)cc(Cl)cn3c2=S)CCO1. The van der Waals surface area contributed by atoms with Crippen molar-refractivity contribution in [2.45, 2.75) is 12.8 Å². The predicted octanol–water partition coefficient (Wildman–Crippen LogP) is 1.32. The number of primary amides is 1. The van der Waals surface area contributed by atoms with Crippen LogP contribution in [0.25, 0.3) is 5.65 Å². The van der Waals surface area contributed by atoms with E-state index in [0.717, 1.165) is 0 Å². The molecule has 0 bridgehead atoms. The maximum Gasteiger partial charge on any atom is 0.247 e. The predicted molar refractivity (Wildman–Crippen MR) is 84.5 cm³/mol. The van der Waals surface area contributed by atoms with E-state index >= 15 is 0 Å². The number of fused-ring (bicyclic) bond motifs is 1. The third kappa shape index (κ3) is 2.97. The van der Waals surface area contributed by atoms with E-state index < -0.39 is 12.0 Å². The lowest BCUT2D eigenvalue weighted by Gasteiger charge is -2.30. The quantitative estimate of drug-likeness (QED) is 0.834. The van der Waals surface area contributed by atoms with Crippen LogP contribution >= 0.6 is 35.4 Å². The Bertz CT molecular complexity index is 790. The van der Waals surface area contributed by atoms with Gasteiger partial charge in [-0.05, 0) is 18.3 Å². The molecule has 1 amide bonds. The van der Waals surface area contributed by atoms with Crippen molar-refractivity contribution in [3.63, 3.8) is 0 Å². The molecule has 118 valence electrons. The summed E-state index contributed by atoms with van der Waals surface area (Å²) in [5.74, 6) is -0.474. The number of morpholine rings is 1. The Morgan fingerprint density at radius 1 is 1.55 bits per heavy atom. The van der Waals surface area contributed by atoms with Gasteiger partial charge in [0.05, 0.1) is 23.3 Å². The molecule has 3 heterocycles. The fourth-order valence-electron chi connectivity index (χ4n) is 2.33. The van der Waals surface area contributed by atoms with Crippen molar-refractivity contribution in [3.8, 4) is 0 Å². The van der Waals surface area contributed by atoms with Gasteiger partial charge in [-0.1, -0.05) is 23.2 Å². The third-order valence-electron chi connectivity index (χ3n) is 3.40. The second-order valence-electron chi connectivity index (χ2n) is 4.96. The first-order valence-corrected chi connectivity index (χ1v) is 7.69. The Balaban J connectivity index is 1.88. The summed E-state index contributed by atoms with van der Waals surface area (Å²) in [5, 5.41) is 5.31. The van der Waals surface area contributed by atoms with E-state index in [0.29, 0.717) is 46.8 Å². The molecule has 1 aliphatic heterocycles. The van der Waals surface area contributed by atoms with E-state index in [4.69, 9.17) is 45.9 Å². The van der Waals surface area contributed by atoms with Crippen LogP contribution in [0.1, 0.15) is 0 Å². The molecule has 2 N–H and O–H groups in total. The number of amides is 1. The number of aromatic nitrogens is 3. The van der Waals surface area contributed by atoms with Gasteiger partial charge in [0.1, 0.15) is 6.10 Å². The number of nitrogens with two attached hydrogens (primary N) is 1. The molecule has 2 aromatic rings. The van der Waals surface area contributed by atoms with Crippen molar-refractivity contribution in [2.75, 3.05) is 19.7 Å². The lowest BCUT2D eigenvalue weighted by atomic mass is 10.3. The Hall–Kier alpha value is -1.19. The molecule has 1 saturated heterocycles. The van der Waals surface area contributed by atoms with Crippen LogP contribution in [0.3, 0.4) is 0 Å². The van der Waals surface area contributed by atoms with Crippen LogP contribution in [0.4, 0.5) is 0 Å². The summed E-state index contributed by atoms with van der Waals surface area (Å²) in [6.07, 6.45) is 1.05. The van der Waals surface area contributed by atoms with Crippen LogP contribution in [-0.2, 0) is 16.2 Å². The van der Waals surface area contributed by atoms with Crippen molar-refractivity contribution in [1.82, 2.24) is 19.1 Å². The second kappa shape index (κ2) is 6.13. The molecule has 0 aliphatic carbocycles. The van der Waals surface area contributed by atoms with Crippen LogP contribution in [0.5, 0.6) is 0 Å². The van der Waals surface area contributed by atoms with Gasteiger partial charge in [0.25, 0.3) is 0 Å². The number of carbonyl (C=O) groups is 1. The highest BCUT2D eigenvalue weighted by atomic mass is 35.5. The van der Waals surface area contributed by atoms with Gasteiger partial charge in [0.2, 0.25) is 10.7 Å². The van der Waals surface area contributed by atoms with E-state index in [-0.39, 0.29) is 0 Å². The summed E-state index contributed by atoms with van der Waals surface area (Å²) in [5.41, 5.74) is 5.82. The minimum atomic E-state index is -0.613. The number of halogens is 2. The first-order chi connectivity index (χ1) is 10.5. The molecule has 10 heteroatoms. The number of hydrogen-bond donors (Lipinski definition) is 1. The number of pyridine rings is 1. The van der Waals surface area contributed by atoms with E-state index in [1.54, 1.807) is 21.3 Å². The second-order valence-corrected chi connectivity index (χ2v) is 6.17. The normalized spacial score (nSPS) is 19.6. The molecule has 7 nitrogen and oxygen atoms in total. The van der Waals surface area contributed by atoms with Crippen LogP contribution in [0.2, 0.25) is 10.0 Å². The largest absolute Gasteiger partial charge is 0.367 e. The van der Waals surface area contributed by atoms with E-state index in [2.05, 4.69) is 5.10 Å². The van der Waals surface area contributed by atoms with Crippen molar-refractivity contribution < 1.29 is 9.53 Å². The highest BCUT2D eigenvalue weighted by Crippen LogP contribution is 2.21. The Morgan fingerprint density at radius 3 is 3.05 bits per heavy atom. The summed E-state index contributed by atoms with van der Waals surface area (Å²) in [7, 11) is 0. The molecule has 0 aromatic carbocycles.